The van der Waals surface area contributed by atoms with Crippen molar-refractivity contribution in [2.75, 3.05) is 19.1 Å². The van der Waals surface area contributed by atoms with E-state index in [2.05, 4.69) is 23.1 Å². The largest absolute Gasteiger partial charge is 0.478 e. The molecule has 0 aliphatic carbocycles. The molecule has 0 amide bonds. The molecule has 1 aromatic heterocycles. The summed E-state index contributed by atoms with van der Waals surface area (Å²) in [5.41, 5.74) is 1.19. The molecule has 0 saturated carbocycles. The van der Waals surface area contributed by atoms with Crippen molar-refractivity contribution in [3.63, 3.8) is 0 Å². The average molecular weight is 329 g/mol. The van der Waals surface area contributed by atoms with Crippen LogP contribution in [0.2, 0.25) is 0 Å². The first-order valence-corrected chi connectivity index (χ1v) is 10.3. The van der Waals surface area contributed by atoms with Gasteiger partial charge in [0.1, 0.15) is 5.03 Å². The molecule has 0 fully saturated rings. The Balaban J connectivity index is 2.69. The standard InChI is InChI=1S/C16H28N2OS2/c1-5-7-8-9-10-11-12-13-14(19-6-2)17-16(21-4)18-15(13)20-3/h5-12H2,1-4H3. The van der Waals surface area contributed by atoms with Gasteiger partial charge >= 0.3 is 0 Å². The Labute approximate surface area is 138 Å². The first kappa shape index (κ1) is 18.6. The molecule has 0 aromatic carbocycles. The van der Waals surface area contributed by atoms with Crippen molar-refractivity contribution in [3.05, 3.63) is 5.56 Å². The summed E-state index contributed by atoms with van der Waals surface area (Å²) in [5, 5.41) is 1.88. The van der Waals surface area contributed by atoms with Crippen LogP contribution in [0.1, 0.15) is 57.9 Å². The molecule has 120 valence electrons. The van der Waals surface area contributed by atoms with Gasteiger partial charge in [0.05, 0.1) is 6.61 Å². The van der Waals surface area contributed by atoms with Gasteiger partial charge in [0, 0.05) is 5.56 Å². The Morgan fingerprint density at radius 2 is 1.62 bits per heavy atom. The van der Waals surface area contributed by atoms with Crippen LogP contribution in [0.25, 0.3) is 0 Å². The number of hydrogen-bond donors (Lipinski definition) is 0. The lowest BCUT2D eigenvalue weighted by Crippen LogP contribution is -2.05. The highest BCUT2D eigenvalue weighted by molar-refractivity contribution is 7.99. The number of unbranched alkanes of at least 4 members (excludes halogenated alkanes) is 5. The van der Waals surface area contributed by atoms with E-state index in [1.807, 2.05) is 13.2 Å². The van der Waals surface area contributed by atoms with Crippen LogP contribution >= 0.6 is 23.5 Å². The van der Waals surface area contributed by atoms with Crippen LogP contribution in [-0.2, 0) is 6.42 Å². The Kier molecular flexibility index (Phi) is 9.92. The fraction of sp³-hybridized carbons (Fsp3) is 0.750. The fourth-order valence-electron chi connectivity index (χ4n) is 2.24. The van der Waals surface area contributed by atoms with Gasteiger partial charge in [0.2, 0.25) is 5.88 Å². The van der Waals surface area contributed by atoms with Crippen molar-refractivity contribution in [1.29, 1.82) is 0 Å². The monoisotopic (exact) mass is 328 g/mol. The molecular formula is C16H28N2OS2. The number of nitrogens with zero attached hydrogens (tertiary/aromatic N) is 2. The summed E-state index contributed by atoms with van der Waals surface area (Å²) in [6.07, 6.45) is 12.9. The lowest BCUT2D eigenvalue weighted by atomic mass is 10.1. The predicted octanol–water partition coefficient (Wildman–Crippen LogP) is 5.22. The third-order valence-electron chi connectivity index (χ3n) is 3.35. The summed E-state index contributed by atoms with van der Waals surface area (Å²) in [5.74, 6) is 0.787. The zero-order valence-corrected chi connectivity index (χ0v) is 15.4. The van der Waals surface area contributed by atoms with Crippen molar-refractivity contribution in [2.45, 2.75) is 69.0 Å². The summed E-state index contributed by atoms with van der Waals surface area (Å²) in [7, 11) is 0. The highest BCUT2D eigenvalue weighted by atomic mass is 32.2. The maximum absolute atomic E-state index is 5.74. The minimum absolute atomic E-state index is 0.655. The first-order chi connectivity index (χ1) is 10.3. The van der Waals surface area contributed by atoms with Crippen molar-refractivity contribution in [2.24, 2.45) is 0 Å². The van der Waals surface area contributed by atoms with Gasteiger partial charge in [-0.25, -0.2) is 4.98 Å². The SMILES string of the molecule is CCCCCCCCc1c(OCC)nc(SC)nc1SC. The van der Waals surface area contributed by atoms with Crippen molar-refractivity contribution >= 4 is 23.5 Å². The minimum Gasteiger partial charge on any atom is -0.478 e. The minimum atomic E-state index is 0.655. The van der Waals surface area contributed by atoms with Gasteiger partial charge in [-0.15, -0.1) is 11.8 Å². The number of hydrogen-bond acceptors (Lipinski definition) is 5. The topological polar surface area (TPSA) is 35.0 Å². The fourth-order valence-corrected chi connectivity index (χ4v) is 3.27. The van der Waals surface area contributed by atoms with E-state index in [-0.39, 0.29) is 0 Å². The maximum atomic E-state index is 5.74. The zero-order valence-electron chi connectivity index (χ0n) is 13.8. The third-order valence-corrected chi connectivity index (χ3v) is 4.62. The van der Waals surface area contributed by atoms with Crippen molar-refractivity contribution in [3.8, 4) is 5.88 Å². The zero-order chi connectivity index (χ0) is 15.5. The molecule has 0 unspecified atom stereocenters. The highest BCUT2D eigenvalue weighted by Gasteiger charge is 2.14. The predicted molar refractivity (Wildman–Crippen MR) is 93.8 cm³/mol. The second kappa shape index (κ2) is 11.2. The second-order valence-corrected chi connectivity index (χ2v) is 6.52. The van der Waals surface area contributed by atoms with Crippen LogP contribution in [0.5, 0.6) is 5.88 Å². The molecule has 21 heavy (non-hydrogen) atoms. The molecule has 0 saturated heterocycles. The summed E-state index contributed by atoms with van der Waals surface area (Å²) in [6, 6.07) is 0. The average Bonchev–Trinajstić information content (AvgIpc) is 2.51. The molecule has 0 spiro atoms. The smallest absolute Gasteiger partial charge is 0.221 e. The Bertz CT molecular complexity index is 414. The number of thioether (sulfide) groups is 2. The summed E-state index contributed by atoms with van der Waals surface area (Å²) >= 11 is 3.26. The molecule has 3 nitrogen and oxygen atoms in total. The van der Waals surface area contributed by atoms with Crippen LogP contribution < -0.4 is 4.74 Å². The van der Waals surface area contributed by atoms with Gasteiger partial charge in [-0.1, -0.05) is 50.8 Å². The summed E-state index contributed by atoms with van der Waals surface area (Å²) < 4.78 is 5.74. The summed E-state index contributed by atoms with van der Waals surface area (Å²) in [4.78, 5) is 9.15. The molecule has 0 atom stereocenters. The van der Waals surface area contributed by atoms with E-state index in [1.165, 1.54) is 44.1 Å². The second-order valence-electron chi connectivity index (χ2n) is 4.95. The molecule has 0 aliphatic rings. The Morgan fingerprint density at radius 1 is 0.905 bits per heavy atom. The van der Waals surface area contributed by atoms with Crippen LogP contribution in [0.3, 0.4) is 0 Å². The van der Waals surface area contributed by atoms with E-state index >= 15 is 0 Å². The number of aromatic nitrogens is 2. The third kappa shape index (κ3) is 6.47. The first-order valence-electron chi connectivity index (χ1n) is 7.88. The van der Waals surface area contributed by atoms with Crippen LogP contribution in [0.15, 0.2) is 10.2 Å². The molecule has 0 bridgehead atoms. The van der Waals surface area contributed by atoms with Gasteiger partial charge in [0.15, 0.2) is 5.16 Å². The van der Waals surface area contributed by atoms with Crippen LogP contribution in [-0.4, -0.2) is 29.1 Å². The Hall–Kier alpha value is -0.420. The van der Waals surface area contributed by atoms with Crippen molar-refractivity contribution < 1.29 is 4.74 Å². The lowest BCUT2D eigenvalue weighted by molar-refractivity contribution is 0.316. The molecule has 1 rings (SSSR count). The Morgan fingerprint density at radius 3 is 2.24 bits per heavy atom. The van der Waals surface area contributed by atoms with E-state index < -0.39 is 0 Å². The van der Waals surface area contributed by atoms with Crippen LogP contribution in [0, 0.1) is 0 Å². The van der Waals surface area contributed by atoms with E-state index in [4.69, 9.17) is 4.74 Å². The summed E-state index contributed by atoms with van der Waals surface area (Å²) in [6.45, 7) is 4.92. The van der Waals surface area contributed by atoms with E-state index in [0.717, 1.165) is 22.5 Å². The quantitative estimate of drug-likeness (QED) is 0.241. The van der Waals surface area contributed by atoms with Gasteiger partial charge in [-0.05, 0) is 32.3 Å². The van der Waals surface area contributed by atoms with Crippen molar-refractivity contribution in [1.82, 2.24) is 9.97 Å². The molecule has 1 heterocycles. The normalized spacial score (nSPS) is 10.9. The number of ether oxygens (including phenoxy) is 1. The van der Waals surface area contributed by atoms with Gasteiger partial charge < -0.3 is 4.74 Å². The van der Waals surface area contributed by atoms with E-state index in [1.54, 1.807) is 23.5 Å². The van der Waals surface area contributed by atoms with Gasteiger partial charge in [0.25, 0.3) is 0 Å². The van der Waals surface area contributed by atoms with E-state index in [9.17, 15) is 0 Å². The molecule has 0 N–H and O–H groups in total. The maximum Gasteiger partial charge on any atom is 0.221 e. The number of rotatable bonds is 11. The molecule has 0 radical (unpaired) electrons. The molecule has 1 aromatic rings. The molecule has 0 aliphatic heterocycles. The van der Waals surface area contributed by atoms with Gasteiger partial charge in [-0.3, -0.25) is 0 Å². The van der Waals surface area contributed by atoms with E-state index in [0.29, 0.717) is 6.61 Å². The lowest BCUT2D eigenvalue weighted by Gasteiger charge is -2.13. The van der Waals surface area contributed by atoms with Crippen LogP contribution in [0.4, 0.5) is 0 Å². The molecular weight excluding hydrogens is 300 g/mol. The molecule has 5 heteroatoms. The highest BCUT2D eigenvalue weighted by Crippen LogP contribution is 2.30. The van der Waals surface area contributed by atoms with Gasteiger partial charge in [-0.2, -0.15) is 4.98 Å².